The molecule has 1 rings (SSSR count). The van der Waals surface area contributed by atoms with Gasteiger partial charge in [0.1, 0.15) is 0 Å². The molecule has 2 heteroatoms. The van der Waals surface area contributed by atoms with Gasteiger partial charge >= 0.3 is 0 Å². The van der Waals surface area contributed by atoms with E-state index in [9.17, 15) is 0 Å². The third kappa shape index (κ3) is 5.13. The van der Waals surface area contributed by atoms with Gasteiger partial charge in [-0.05, 0) is 45.4 Å². The maximum absolute atomic E-state index is 5.42. The first-order chi connectivity index (χ1) is 7.74. The van der Waals surface area contributed by atoms with Crippen molar-refractivity contribution in [2.24, 2.45) is 5.92 Å². The number of nitrogens with one attached hydrogen (secondary N) is 1. The molecule has 16 heavy (non-hydrogen) atoms. The van der Waals surface area contributed by atoms with Gasteiger partial charge in [-0.15, -0.1) is 6.58 Å². The third-order valence-corrected chi connectivity index (χ3v) is 3.51. The maximum atomic E-state index is 5.42. The first-order valence-electron chi connectivity index (χ1n) is 6.68. The summed E-state index contributed by atoms with van der Waals surface area (Å²) < 4.78 is 5.42. The lowest BCUT2D eigenvalue weighted by Crippen LogP contribution is -2.39. The van der Waals surface area contributed by atoms with E-state index in [2.05, 4.69) is 25.7 Å². The lowest BCUT2D eigenvalue weighted by Gasteiger charge is -2.24. The summed E-state index contributed by atoms with van der Waals surface area (Å²) in [5.74, 6) is 0.718. The number of unbranched alkanes of at least 4 members (excludes halogenated alkanes) is 2. The Bertz CT molecular complexity index is 187. The second-order valence-electron chi connectivity index (χ2n) is 5.05. The fourth-order valence-corrected chi connectivity index (χ4v) is 2.35. The van der Waals surface area contributed by atoms with Crippen LogP contribution in [0.4, 0.5) is 0 Å². The number of rotatable bonds is 8. The van der Waals surface area contributed by atoms with E-state index in [1.807, 2.05) is 6.08 Å². The molecule has 0 bridgehead atoms. The van der Waals surface area contributed by atoms with Crippen LogP contribution in [0.25, 0.3) is 0 Å². The Hall–Kier alpha value is -0.340. The van der Waals surface area contributed by atoms with Crippen LogP contribution in [0.15, 0.2) is 12.7 Å². The van der Waals surface area contributed by atoms with Gasteiger partial charge in [-0.3, -0.25) is 0 Å². The van der Waals surface area contributed by atoms with E-state index in [0.717, 1.165) is 25.6 Å². The highest BCUT2D eigenvalue weighted by atomic mass is 16.5. The molecule has 1 aliphatic heterocycles. The molecule has 0 aliphatic carbocycles. The van der Waals surface area contributed by atoms with Gasteiger partial charge in [0.2, 0.25) is 0 Å². The molecule has 94 valence electrons. The lowest BCUT2D eigenvalue weighted by molar-refractivity contribution is 0.176. The van der Waals surface area contributed by atoms with Crippen molar-refractivity contribution in [3.05, 3.63) is 12.7 Å². The topological polar surface area (TPSA) is 21.3 Å². The summed E-state index contributed by atoms with van der Waals surface area (Å²) in [5.41, 5.74) is 0. The predicted molar refractivity (Wildman–Crippen MR) is 69.7 cm³/mol. The first-order valence-corrected chi connectivity index (χ1v) is 6.68. The van der Waals surface area contributed by atoms with E-state index in [0.29, 0.717) is 12.1 Å². The van der Waals surface area contributed by atoms with Crippen molar-refractivity contribution >= 4 is 0 Å². The molecule has 1 aliphatic rings. The van der Waals surface area contributed by atoms with E-state index >= 15 is 0 Å². The molecular weight excluding hydrogens is 198 g/mol. The van der Waals surface area contributed by atoms with Crippen LogP contribution in [0.2, 0.25) is 0 Å². The summed E-state index contributed by atoms with van der Waals surface area (Å²) in [6.45, 7) is 10.2. The largest absolute Gasteiger partial charge is 0.381 e. The van der Waals surface area contributed by atoms with E-state index < -0.39 is 0 Å². The molecule has 2 nitrogen and oxygen atoms in total. The summed E-state index contributed by atoms with van der Waals surface area (Å²) in [5, 5.41) is 3.69. The third-order valence-electron chi connectivity index (χ3n) is 3.51. The minimum absolute atomic E-state index is 0.594. The SMILES string of the molecule is C=CCCCCC(C)NC(C)C1CCOC1. The van der Waals surface area contributed by atoms with Crippen LogP contribution < -0.4 is 5.32 Å². The van der Waals surface area contributed by atoms with Crippen molar-refractivity contribution in [1.29, 1.82) is 0 Å². The van der Waals surface area contributed by atoms with Crippen molar-refractivity contribution in [1.82, 2.24) is 5.32 Å². The van der Waals surface area contributed by atoms with E-state index in [1.165, 1.54) is 25.7 Å². The highest BCUT2D eigenvalue weighted by molar-refractivity contribution is 4.78. The minimum Gasteiger partial charge on any atom is -0.381 e. The quantitative estimate of drug-likeness (QED) is 0.506. The second-order valence-corrected chi connectivity index (χ2v) is 5.05. The highest BCUT2D eigenvalue weighted by Crippen LogP contribution is 2.17. The molecular formula is C14H27NO. The molecule has 0 amide bonds. The predicted octanol–water partition coefficient (Wildman–Crippen LogP) is 3.14. The van der Waals surface area contributed by atoms with Gasteiger partial charge in [0.15, 0.2) is 0 Å². The van der Waals surface area contributed by atoms with Crippen LogP contribution in [0, 0.1) is 5.92 Å². The average Bonchev–Trinajstić information content (AvgIpc) is 2.77. The standard InChI is InChI=1S/C14H27NO/c1-4-5-6-7-8-12(2)15-13(3)14-9-10-16-11-14/h4,12-15H,1,5-11H2,2-3H3. The van der Waals surface area contributed by atoms with E-state index in [-0.39, 0.29) is 0 Å². The Morgan fingerprint density at radius 1 is 1.44 bits per heavy atom. The average molecular weight is 225 g/mol. The Morgan fingerprint density at radius 2 is 2.25 bits per heavy atom. The molecule has 1 N–H and O–H groups in total. The van der Waals surface area contributed by atoms with Crippen LogP contribution in [-0.2, 0) is 4.74 Å². The maximum Gasteiger partial charge on any atom is 0.0509 e. The molecule has 1 saturated heterocycles. The molecule has 0 aromatic heterocycles. The number of hydrogen-bond donors (Lipinski definition) is 1. The summed E-state index contributed by atoms with van der Waals surface area (Å²) >= 11 is 0. The Balaban J connectivity index is 2.07. The van der Waals surface area contributed by atoms with Gasteiger partial charge in [-0.1, -0.05) is 12.5 Å². The Morgan fingerprint density at radius 3 is 2.88 bits per heavy atom. The van der Waals surface area contributed by atoms with Crippen molar-refractivity contribution in [3.8, 4) is 0 Å². The molecule has 0 saturated carbocycles. The number of ether oxygens (including phenoxy) is 1. The fraction of sp³-hybridized carbons (Fsp3) is 0.857. The summed E-state index contributed by atoms with van der Waals surface area (Å²) in [4.78, 5) is 0. The Kier molecular flexibility index (Phi) is 6.74. The zero-order valence-electron chi connectivity index (χ0n) is 10.9. The summed E-state index contributed by atoms with van der Waals surface area (Å²) in [7, 11) is 0. The molecule has 3 atom stereocenters. The molecule has 0 aromatic rings. The highest BCUT2D eigenvalue weighted by Gasteiger charge is 2.22. The van der Waals surface area contributed by atoms with Gasteiger partial charge in [0.05, 0.1) is 6.61 Å². The number of hydrogen-bond acceptors (Lipinski definition) is 2. The summed E-state index contributed by atoms with van der Waals surface area (Å²) in [6.07, 6.45) is 8.23. The molecule has 0 radical (unpaired) electrons. The van der Waals surface area contributed by atoms with Gasteiger partial charge in [-0.25, -0.2) is 0 Å². The molecule has 0 aromatic carbocycles. The molecule has 3 unspecified atom stereocenters. The van der Waals surface area contributed by atoms with Gasteiger partial charge in [0.25, 0.3) is 0 Å². The normalized spacial score (nSPS) is 24.2. The van der Waals surface area contributed by atoms with Gasteiger partial charge in [-0.2, -0.15) is 0 Å². The Labute approximate surface area is 100 Å². The van der Waals surface area contributed by atoms with Crippen molar-refractivity contribution in [3.63, 3.8) is 0 Å². The zero-order chi connectivity index (χ0) is 11.8. The molecule has 0 spiro atoms. The smallest absolute Gasteiger partial charge is 0.0509 e. The van der Waals surface area contributed by atoms with E-state index in [4.69, 9.17) is 4.74 Å². The van der Waals surface area contributed by atoms with Crippen molar-refractivity contribution in [2.45, 2.75) is 58.0 Å². The van der Waals surface area contributed by atoms with Gasteiger partial charge in [0, 0.05) is 18.7 Å². The van der Waals surface area contributed by atoms with E-state index in [1.54, 1.807) is 0 Å². The van der Waals surface area contributed by atoms with Crippen LogP contribution in [-0.4, -0.2) is 25.3 Å². The lowest BCUT2D eigenvalue weighted by atomic mass is 9.99. The van der Waals surface area contributed by atoms with Crippen LogP contribution >= 0.6 is 0 Å². The number of allylic oxidation sites excluding steroid dienone is 1. The summed E-state index contributed by atoms with van der Waals surface area (Å²) in [6, 6.07) is 1.22. The van der Waals surface area contributed by atoms with Gasteiger partial charge < -0.3 is 10.1 Å². The van der Waals surface area contributed by atoms with Crippen LogP contribution in [0.3, 0.4) is 0 Å². The monoisotopic (exact) mass is 225 g/mol. The van der Waals surface area contributed by atoms with Crippen LogP contribution in [0.1, 0.15) is 46.0 Å². The molecule has 1 fully saturated rings. The van der Waals surface area contributed by atoms with Crippen LogP contribution in [0.5, 0.6) is 0 Å². The minimum atomic E-state index is 0.594. The zero-order valence-corrected chi connectivity index (χ0v) is 10.9. The van der Waals surface area contributed by atoms with Crippen molar-refractivity contribution in [2.75, 3.05) is 13.2 Å². The first kappa shape index (κ1) is 13.7. The molecule has 1 heterocycles. The van der Waals surface area contributed by atoms with Crippen molar-refractivity contribution < 1.29 is 4.74 Å². The second kappa shape index (κ2) is 7.86. The fourth-order valence-electron chi connectivity index (χ4n) is 2.35.